The van der Waals surface area contributed by atoms with Crippen LogP contribution < -0.4 is 10.6 Å². The second kappa shape index (κ2) is 7.43. The van der Waals surface area contributed by atoms with Crippen molar-refractivity contribution in [1.82, 2.24) is 39.8 Å². The number of hydrogen-bond acceptors (Lipinski definition) is 8. The molecule has 1 saturated carbocycles. The maximum absolute atomic E-state index is 13.1. The molecule has 2 fully saturated rings. The van der Waals surface area contributed by atoms with Gasteiger partial charge in [0, 0.05) is 55.1 Å². The number of carbonyl (C=O) groups excluding carboxylic acids is 1. The van der Waals surface area contributed by atoms with Crippen LogP contribution in [0.4, 0.5) is 11.8 Å². The Morgan fingerprint density at radius 3 is 3.06 bits per heavy atom. The van der Waals surface area contributed by atoms with Crippen LogP contribution in [0.2, 0.25) is 0 Å². The third kappa shape index (κ3) is 3.45. The second-order valence-corrected chi connectivity index (χ2v) is 8.70. The van der Waals surface area contributed by atoms with E-state index in [1.807, 2.05) is 39.1 Å². The van der Waals surface area contributed by atoms with E-state index >= 15 is 0 Å². The Labute approximate surface area is 181 Å². The number of aromatic amines is 1. The average molecular weight is 436 g/mol. The Kier molecular flexibility index (Phi) is 4.42. The summed E-state index contributed by atoms with van der Waals surface area (Å²) in [6, 6.07) is 5.61. The fourth-order valence-electron chi connectivity index (χ4n) is 3.93. The number of nitrogens with one attached hydrogen (secondary N) is 3. The molecule has 0 spiro atoms. The Balaban J connectivity index is 1.35. The van der Waals surface area contributed by atoms with Crippen molar-refractivity contribution in [1.29, 1.82) is 0 Å². The highest BCUT2D eigenvalue weighted by atomic mass is 32.1. The van der Waals surface area contributed by atoms with Crippen LogP contribution >= 0.6 is 11.3 Å². The van der Waals surface area contributed by atoms with Gasteiger partial charge in [0.25, 0.3) is 5.91 Å². The van der Waals surface area contributed by atoms with Crippen molar-refractivity contribution in [3.63, 3.8) is 0 Å². The molecule has 10 nitrogen and oxygen atoms in total. The molecule has 4 aromatic heterocycles. The summed E-state index contributed by atoms with van der Waals surface area (Å²) in [4.78, 5) is 28.6. The molecule has 11 heteroatoms. The molecule has 1 amide bonds. The van der Waals surface area contributed by atoms with E-state index in [0.717, 1.165) is 23.7 Å². The van der Waals surface area contributed by atoms with Crippen LogP contribution in [0, 0.1) is 0 Å². The number of piperazine rings is 1. The van der Waals surface area contributed by atoms with Gasteiger partial charge in [-0.3, -0.25) is 14.3 Å². The lowest BCUT2D eigenvalue weighted by atomic mass is 10.1. The molecule has 0 aromatic carbocycles. The molecule has 6 rings (SSSR count). The first kappa shape index (κ1) is 18.5. The van der Waals surface area contributed by atoms with Gasteiger partial charge in [-0.25, -0.2) is 9.97 Å². The number of fused-ring (bicyclic) bond motifs is 1. The summed E-state index contributed by atoms with van der Waals surface area (Å²) < 4.78 is 1.89. The zero-order valence-corrected chi connectivity index (χ0v) is 17.5. The van der Waals surface area contributed by atoms with Gasteiger partial charge in [-0.1, -0.05) is 0 Å². The highest BCUT2D eigenvalue weighted by molar-refractivity contribution is 7.11. The Morgan fingerprint density at radius 1 is 1.29 bits per heavy atom. The van der Waals surface area contributed by atoms with Crippen molar-refractivity contribution in [3.8, 4) is 0 Å². The number of hydrogen-bond donors (Lipinski definition) is 3. The Hall–Kier alpha value is -3.31. The van der Waals surface area contributed by atoms with E-state index in [4.69, 9.17) is 9.97 Å². The van der Waals surface area contributed by atoms with Crippen molar-refractivity contribution in [2.75, 3.05) is 25.0 Å². The third-order valence-corrected chi connectivity index (χ3v) is 6.44. The second-order valence-electron chi connectivity index (χ2n) is 7.81. The molecule has 3 N–H and O–H groups in total. The zero-order chi connectivity index (χ0) is 20.8. The van der Waals surface area contributed by atoms with Crippen molar-refractivity contribution in [3.05, 3.63) is 52.5 Å². The van der Waals surface area contributed by atoms with Crippen LogP contribution in [0.5, 0.6) is 0 Å². The Bertz CT molecular complexity index is 1230. The number of amides is 1. The zero-order valence-electron chi connectivity index (χ0n) is 16.7. The van der Waals surface area contributed by atoms with E-state index in [9.17, 15) is 4.79 Å². The van der Waals surface area contributed by atoms with Crippen molar-refractivity contribution >= 4 is 34.7 Å². The van der Waals surface area contributed by atoms with E-state index < -0.39 is 0 Å². The SMILES string of the molecule is O=C(c1nccs1)N1CCNCC1c1nc(Nc2cc(C3CC3)[nH]n2)n2cccc2n1. The maximum Gasteiger partial charge on any atom is 0.283 e. The number of nitrogens with zero attached hydrogens (tertiary/aromatic N) is 6. The summed E-state index contributed by atoms with van der Waals surface area (Å²) in [5.74, 6) is 2.43. The fourth-order valence-corrected chi connectivity index (χ4v) is 4.52. The first-order chi connectivity index (χ1) is 15.3. The van der Waals surface area contributed by atoms with E-state index in [0.29, 0.717) is 35.8 Å². The van der Waals surface area contributed by atoms with Crippen LogP contribution in [-0.4, -0.2) is 60.0 Å². The molecule has 4 aromatic rings. The number of rotatable bonds is 5. The number of aromatic nitrogens is 6. The van der Waals surface area contributed by atoms with Gasteiger partial charge < -0.3 is 15.5 Å². The van der Waals surface area contributed by atoms with Crippen LogP contribution in [-0.2, 0) is 0 Å². The summed E-state index contributed by atoms with van der Waals surface area (Å²) in [6.07, 6.45) is 5.98. The van der Waals surface area contributed by atoms with Crippen LogP contribution in [0.15, 0.2) is 36.0 Å². The van der Waals surface area contributed by atoms with Gasteiger partial charge in [-0.15, -0.1) is 11.3 Å². The lowest BCUT2D eigenvalue weighted by molar-refractivity contribution is 0.0623. The fraction of sp³-hybridized carbons (Fsp3) is 0.350. The van der Waals surface area contributed by atoms with E-state index in [2.05, 4.69) is 25.8 Å². The minimum atomic E-state index is -0.285. The van der Waals surface area contributed by atoms with Crippen LogP contribution in [0.25, 0.3) is 5.65 Å². The van der Waals surface area contributed by atoms with Crippen molar-refractivity contribution < 1.29 is 4.79 Å². The monoisotopic (exact) mass is 435 g/mol. The first-order valence-electron chi connectivity index (χ1n) is 10.3. The van der Waals surface area contributed by atoms with Crippen LogP contribution in [0.3, 0.4) is 0 Å². The quantitative estimate of drug-likeness (QED) is 0.440. The van der Waals surface area contributed by atoms with E-state index in [-0.39, 0.29) is 11.9 Å². The topological polar surface area (TPSA) is 116 Å². The minimum Gasteiger partial charge on any atom is -0.324 e. The summed E-state index contributed by atoms with van der Waals surface area (Å²) in [5, 5.41) is 16.5. The lowest BCUT2D eigenvalue weighted by Gasteiger charge is -2.34. The molecule has 0 radical (unpaired) electrons. The minimum absolute atomic E-state index is 0.0868. The number of carbonyl (C=O) groups is 1. The first-order valence-corrected chi connectivity index (χ1v) is 11.2. The molecule has 1 unspecified atom stereocenters. The molecule has 2 aliphatic rings. The summed E-state index contributed by atoms with van der Waals surface area (Å²) in [6.45, 7) is 1.89. The van der Waals surface area contributed by atoms with E-state index in [1.165, 1.54) is 24.2 Å². The third-order valence-electron chi connectivity index (χ3n) is 5.68. The van der Waals surface area contributed by atoms with Crippen molar-refractivity contribution in [2.45, 2.75) is 24.8 Å². The summed E-state index contributed by atoms with van der Waals surface area (Å²) >= 11 is 1.35. The largest absolute Gasteiger partial charge is 0.324 e. The predicted molar refractivity (Wildman–Crippen MR) is 116 cm³/mol. The lowest BCUT2D eigenvalue weighted by Crippen LogP contribution is -2.49. The Morgan fingerprint density at radius 2 is 2.23 bits per heavy atom. The number of H-pyrrole nitrogens is 1. The van der Waals surface area contributed by atoms with Gasteiger partial charge in [0.15, 0.2) is 16.6 Å². The van der Waals surface area contributed by atoms with Gasteiger partial charge >= 0.3 is 0 Å². The van der Waals surface area contributed by atoms with Gasteiger partial charge in [0.05, 0.1) is 0 Å². The van der Waals surface area contributed by atoms with E-state index in [1.54, 1.807) is 6.20 Å². The molecule has 1 atom stereocenters. The maximum atomic E-state index is 13.1. The molecular weight excluding hydrogens is 414 g/mol. The van der Waals surface area contributed by atoms with Gasteiger partial charge in [-0.05, 0) is 25.0 Å². The molecular formula is C20H21N9OS. The molecule has 1 aliphatic carbocycles. The molecule has 0 bridgehead atoms. The average Bonchev–Trinajstić information content (AvgIpc) is 3.19. The van der Waals surface area contributed by atoms with Gasteiger partial charge in [0.1, 0.15) is 11.7 Å². The normalized spacial score (nSPS) is 19.1. The van der Waals surface area contributed by atoms with Crippen molar-refractivity contribution in [2.24, 2.45) is 0 Å². The van der Waals surface area contributed by atoms with Gasteiger partial charge in [0.2, 0.25) is 5.95 Å². The highest BCUT2D eigenvalue weighted by Gasteiger charge is 2.32. The molecule has 1 saturated heterocycles. The number of anilines is 2. The molecule has 31 heavy (non-hydrogen) atoms. The smallest absolute Gasteiger partial charge is 0.283 e. The standard InChI is InChI=1S/C20H21N9OS/c30-19(18-22-6-9-31-18)28-8-5-21-11-14(28)17-24-16-2-1-7-29(16)20(25-17)23-15-10-13(26-27-15)12-3-4-12/h1-2,6-7,9-10,12,14,21H,3-5,8,11H2,(H2,23,24,25,26,27). The highest BCUT2D eigenvalue weighted by Crippen LogP contribution is 2.39. The number of thiazole rings is 1. The molecule has 1 aliphatic heterocycles. The molecule has 158 valence electrons. The predicted octanol–water partition coefficient (Wildman–Crippen LogP) is 2.32. The summed E-state index contributed by atoms with van der Waals surface area (Å²) in [7, 11) is 0. The van der Waals surface area contributed by atoms with Gasteiger partial charge in [-0.2, -0.15) is 10.1 Å². The molecule has 5 heterocycles. The van der Waals surface area contributed by atoms with Crippen LogP contribution in [0.1, 0.15) is 46.1 Å². The summed E-state index contributed by atoms with van der Waals surface area (Å²) in [5.41, 5.74) is 1.91.